The van der Waals surface area contributed by atoms with E-state index in [0.29, 0.717) is 22.2 Å². The predicted octanol–water partition coefficient (Wildman–Crippen LogP) is 4.50. The number of alkyl halides is 3. The molecule has 2 fully saturated rings. The quantitative estimate of drug-likeness (QED) is 0.544. The average Bonchev–Trinajstić information content (AvgIpc) is 2.84. The molecule has 0 unspecified atom stereocenters. The van der Waals surface area contributed by atoms with Crippen LogP contribution in [0.25, 0.3) is 11.3 Å². The van der Waals surface area contributed by atoms with Gasteiger partial charge < -0.3 is 20.7 Å². The summed E-state index contributed by atoms with van der Waals surface area (Å²) in [5.74, 6) is 0.565. The van der Waals surface area contributed by atoms with Crippen molar-refractivity contribution in [3.05, 3.63) is 35.5 Å². The fourth-order valence-electron chi connectivity index (χ4n) is 4.17. The maximum Gasteiger partial charge on any atom is 0.403 e. The van der Waals surface area contributed by atoms with Crippen molar-refractivity contribution in [3.63, 3.8) is 0 Å². The molecule has 3 N–H and O–H groups in total. The molecule has 2 aromatic rings. The topological polar surface area (TPSA) is 88.2 Å². The van der Waals surface area contributed by atoms with Crippen LogP contribution in [0, 0.1) is 11.8 Å². The third-order valence-electron chi connectivity index (χ3n) is 6.22. The number of ether oxygens (including phenoxy) is 1. The molecule has 2 aliphatic rings. The summed E-state index contributed by atoms with van der Waals surface area (Å²) in [4.78, 5) is 21.4. The molecular formula is C23H27ClF3N5O2. The standard InChI is InChI=1S/C23H27ClF3N5O2/c24-17-13-30-21(32-22(33)15-4-5-19(28-12-15)23(25,26)27)10-16(17)18-2-1-3-20(31-18)29-11-14-6-8-34-9-7-14/h1-3,10,13-15,19,28H,4-9,11-12H2,(H,29,31)(H,30,32,33)/t15-,19-/m0/s1. The Balaban J connectivity index is 1.39. The van der Waals surface area contributed by atoms with E-state index >= 15 is 0 Å². The number of nitrogens with zero attached hydrogens (tertiary/aromatic N) is 2. The van der Waals surface area contributed by atoms with Gasteiger partial charge in [0.1, 0.15) is 17.7 Å². The number of hydrogen-bond donors (Lipinski definition) is 3. The van der Waals surface area contributed by atoms with Crippen LogP contribution >= 0.6 is 11.6 Å². The molecule has 184 valence electrons. The minimum Gasteiger partial charge on any atom is -0.381 e. The minimum atomic E-state index is -4.31. The Kier molecular flexibility index (Phi) is 7.90. The van der Waals surface area contributed by atoms with Crippen LogP contribution in [0.5, 0.6) is 0 Å². The second-order valence-electron chi connectivity index (χ2n) is 8.66. The van der Waals surface area contributed by atoms with Crippen molar-refractivity contribution < 1.29 is 22.7 Å². The molecule has 7 nitrogen and oxygen atoms in total. The van der Waals surface area contributed by atoms with E-state index in [-0.39, 0.29) is 31.1 Å². The maximum atomic E-state index is 12.8. The van der Waals surface area contributed by atoms with Crippen molar-refractivity contribution >= 4 is 29.1 Å². The third-order valence-corrected chi connectivity index (χ3v) is 6.53. The molecule has 0 aliphatic carbocycles. The lowest BCUT2D eigenvalue weighted by atomic mass is 9.93. The van der Waals surface area contributed by atoms with Crippen LogP contribution in [-0.4, -0.2) is 54.4 Å². The van der Waals surface area contributed by atoms with E-state index in [0.717, 1.165) is 38.4 Å². The van der Waals surface area contributed by atoms with Crippen LogP contribution in [0.2, 0.25) is 5.02 Å². The first kappa shape index (κ1) is 24.7. The van der Waals surface area contributed by atoms with Crippen LogP contribution in [-0.2, 0) is 9.53 Å². The third kappa shape index (κ3) is 6.37. The summed E-state index contributed by atoms with van der Waals surface area (Å²) < 4.78 is 43.9. The number of carbonyl (C=O) groups excluding carboxylic acids is 1. The van der Waals surface area contributed by atoms with Crippen molar-refractivity contribution in [1.82, 2.24) is 15.3 Å². The highest BCUT2D eigenvalue weighted by Gasteiger charge is 2.42. The second kappa shape index (κ2) is 10.9. The van der Waals surface area contributed by atoms with Crippen molar-refractivity contribution in [2.24, 2.45) is 11.8 Å². The molecule has 0 radical (unpaired) electrons. The Bertz CT molecular complexity index is 993. The number of hydrogen-bond acceptors (Lipinski definition) is 6. The highest BCUT2D eigenvalue weighted by molar-refractivity contribution is 6.33. The SMILES string of the molecule is O=C(Nc1cc(-c2cccc(NCC3CCOCC3)n2)c(Cl)cn1)[C@H]1CC[C@@H](C(F)(F)F)NC1. The summed E-state index contributed by atoms with van der Waals surface area (Å²) in [6.45, 7) is 2.32. The lowest BCUT2D eigenvalue weighted by Crippen LogP contribution is -2.50. The number of pyridine rings is 2. The summed E-state index contributed by atoms with van der Waals surface area (Å²) >= 11 is 6.36. The number of anilines is 2. The number of amides is 1. The van der Waals surface area contributed by atoms with Crippen LogP contribution in [0.3, 0.4) is 0 Å². The monoisotopic (exact) mass is 497 g/mol. The molecule has 1 amide bonds. The summed E-state index contributed by atoms with van der Waals surface area (Å²) in [5, 5.41) is 8.85. The first-order chi connectivity index (χ1) is 16.3. The van der Waals surface area contributed by atoms with Gasteiger partial charge in [-0.25, -0.2) is 9.97 Å². The molecule has 0 aromatic carbocycles. The van der Waals surface area contributed by atoms with Crippen LogP contribution in [0.1, 0.15) is 25.7 Å². The van der Waals surface area contributed by atoms with Gasteiger partial charge in [-0.3, -0.25) is 4.79 Å². The Labute approximate surface area is 200 Å². The molecule has 2 aliphatic heterocycles. The summed E-state index contributed by atoms with van der Waals surface area (Å²) in [7, 11) is 0. The smallest absolute Gasteiger partial charge is 0.381 e. The molecule has 0 spiro atoms. The Morgan fingerprint density at radius 1 is 1.18 bits per heavy atom. The fraction of sp³-hybridized carbons (Fsp3) is 0.522. The van der Waals surface area contributed by atoms with Crippen molar-refractivity contribution in [3.8, 4) is 11.3 Å². The van der Waals surface area contributed by atoms with Gasteiger partial charge in [-0.2, -0.15) is 13.2 Å². The number of aromatic nitrogens is 2. The van der Waals surface area contributed by atoms with Crippen LogP contribution in [0.4, 0.5) is 24.8 Å². The first-order valence-corrected chi connectivity index (χ1v) is 11.7. The van der Waals surface area contributed by atoms with Crippen LogP contribution in [0.15, 0.2) is 30.5 Å². The van der Waals surface area contributed by atoms with E-state index in [2.05, 4.69) is 25.9 Å². The van der Waals surface area contributed by atoms with Gasteiger partial charge >= 0.3 is 6.18 Å². The summed E-state index contributed by atoms with van der Waals surface area (Å²) in [6.07, 6.45) is -0.854. The normalized spacial score (nSPS) is 21.8. The fourth-order valence-corrected chi connectivity index (χ4v) is 4.37. The van der Waals surface area contributed by atoms with Crippen molar-refractivity contribution in [2.45, 2.75) is 37.9 Å². The van der Waals surface area contributed by atoms with Gasteiger partial charge in [-0.1, -0.05) is 17.7 Å². The number of piperidine rings is 1. The molecule has 0 saturated carbocycles. The van der Waals surface area contributed by atoms with Gasteiger partial charge in [-0.05, 0) is 49.8 Å². The van der Waals surface area contributed by atoms with Gasteiger partial charge in [0.25, 0.3) is 0 Å². The van der Waals surface area contributed by atoms with Crippen LogP contribution < -0.4 is 16.0 Å². The zero-order chi connectivity index (χ0) is 24.1. The highest BCUT2D eigenvalue weighted by atomic mass is 35.5. The molecule has 2 saturated heterocycles. The van der Waals surface area contributed by atoms with Gasteiger partial charge in [0.05, 0.1) is 16.6 Å². The minimum absolute atomic E-state index is 0.0428. The summed E-state index contributed by atoms with van der Waals surface area (Å²) in [5.41, 5.74) is 1.22. The predicted molar refractivity (Wildman–Crippen MR) is 124 cm³/mol. The number of carbonyl (C=O) groups is 1. The van der Waals surface area contributed by atoms with Crippen molar-refractivity contribution in [1.29, 1.82) is 0 Å². The molecule has 4 heterocycles. The molecule has 11 heteroatoms. The molecule has 34 heavy (non-hydrogen) atoms. The Morgan fingerprint density at radius 3 is 2.68 bits per heavy atom. The van der Waals surface area contributed by atoms with E-state index in [1.807, 2.05) is 18.2 Å². The largest absolute Gasteiger partial charge is 0.403 e. The van der Waals surface area contributed by atoms with Gasteiger partial charge in [-0.15, -0.1) is 0 Å². The highest BCUT2D eigenvalue weighted by Crippen LogP contribution is 2.31. The molecule has 0 bridgehead atoms. The van der Waals surface area contributed by atoms with E-state index in [4.69, 9.17) is 16.3 Å². The van der Waals surface area contributed by atoms with E-state index in [9.17, 15) is 18.0 Å². The Hall–Kier alpha value is -2.43. The molecule has 4 rings (SSSR count). The lowest BCUT2D eigenvalue weighted by Gasteiger charge is -2.30. The number of rotatable bonds is 6. The van der Waals surface area contributed by atoms with E-state index in [1.54, 1.807) is 6.07 Å². The lowest BCUT2D eigenvalue weighted by molar-refractivity contribution is -0.163. The van der Waals surface area contributed by atoms with Gasteiger partial charge in [0.2, 0.25) is 5.91 Å². The van der Waals surface area contributed by atoms with E-state index < -0.39 is 18.1 Å². The molecule has 2 aromatic heterocycles. The zero-order valence-corrected chi connectivity index (χ0v) is 19.3. The average molecular weight is 498 g/mol. The second-order valence-corrected chi connectivity index (χ2v) is 9.07. The number of halogens is 4. The maximum absolute atomic E-state index is 12.8. The zero-order valence-electron chi connectivity index (χ0n) is 18.5. The summed E-state index contributed by atoms with van der Waals surface area (Å²) in [6, 6.07) is 5.61. The van der Waals surface area contributed by atoms with E-state index in [1.165, 1.54) is 6.20 Å². The molecule has 2 atom stereocenters. The first-order valence-electron chi connectivity index (χ1n) is 11.3. The Morgan fingerprint density at radius 2 is 1.97 bits per heavy atom. The van der Waals surface area contributed by atoms with Gasteiger partial charge in [0.15, 0.2) is 0 Å². The van der Waals surface area contributed by atoms with Crippen molar-refractivity contribution in [2.75, 3.05) is 36.9 Å². The number of nitrogens with one attached hydrogen (secondary N) is 3. The van der Waals surface area contributed by atoms with Gasteiger partial charge in [0, 0.05) is 38.1 Å². The molecular weight excluding hydrogens is 471 g/mol.